The molecule has 38 heavy (non-hydrogen) atoms. The van der Waals surface area contributed by atoms with Gasteiger partial charge in [-0.15, -0.1) is 0 Å². The lowest BCUT2D eigenvalue weighted by atomic mass is 9.94. The molecule has 4 rings (SSSR count). The Labute approximate surface area is 235 Å². The summed E-state index contributed by atoms with van der Waals surface area (Å²) in [4.78, 5) is 30.7. The summed E-state index contributed by atoms with van der Waals surface area (Å²) < 4.78 is 3.28. The molecule has 0 atom stereocenters. The van der Waals surface area contributed by atoms with E-state index in [0.717, 1.165) is 48.0 Å². The van der Waals surface area contributed by atoms with E-state index in [1.807, 2.05) is 49.1 Å². The predicted molar refractivity (Wildman–Crippen MR) is 156 cm³/mol. The smallest absolute Gasteiger partial charge is 0.318 e. The van der Waals surface area contributed by atoms with Gasteiger partial charge in [-0.25, -0.2) is 4.79 Å². The fourth-order valence-corrected chi connectivity index (χ4v) is 5.39. The molecule has 0 unspecified atom stereocenters. The number of hydrogen-bond acceptors (Lipinski definition) is 2. The summed E-state index contributed by atoms with van der Waals surface area (Å²) in [6.45, 7) is 5.73. The average molecular weight is 580 g/mol. The van der Waals surface area contributed by atoms with Gasteiger partial charge in [-0.1, -0.05) is 77.7 Å². The summed E-state index contributed by atoms with van der Waals surface area (Å²) in [7, 11) is 0. The number of hydrogen-bond donors (Lipinski definition) is 1. The van der Waals surface area contributed by atoms with Crippen molar-refractivity contribution in [2.75, 3.05) is 6.54 Å². The molecule has 6 nitrogen and oxygen atoms in total. The van der Waals surface area contributed by atoms with E-state index in [4.69, 9.17) is 0 Å². The first-order chi connectivity index (χ1) is 18.4. The summed E-state index contributed by atoms with van der Waals surface area (Å²) in [5.74, 6) is 0.0110. The maximum absolute atomic E-state index is 13.9. The molecular weight excluding hydrogens is 540 g/mol. The lowest BCUT2D eigenvalue weighted by Gasteiger charge is -2.37. The number of nitrogens with one attached hydrogen (secondary N) is 1. The Morgan fingerprint density at radius 1 is 0.947 bits per heavy atom. The zero-order chi connectivity index (χ0) is 26.9. The molecular formula is C31H39BrN4O2. The highest BCUT2D eigenvalue weighted by atomic mass is 79.9. The Morgan fingerprint density at radius 3 is 2.34 bits per heavy atom. The minimum Gasteiger partial charge on any atom is -0.345 e. The molecule has 1 aromatic heterocycles. The molecule has 1 heterocycles. The van der Waals surface area contributed by atoms with Crippen molar-refractivity contribution in [3.8, 4) is 0 Å². The second kappa shape index (κ2) is 13.7. The number of carbonyl (C=O) groups is 2. The number of nitrogens with zero attached hydrogens (tertiary/aromatic N) is 3. The zero-order valence-corrected chi connectivity index (χ0v) is 24.1. The predicted octanol–water partition coefficient (Wildman–Crippen LogP) is 6.58. The molecule has 0 aliphatic heterocycles. The summed E-state index contributed by atoms with van der Waals surface area (Å²) in [6, 6.07) is 22.2. The van der Waals surface area contributed by atoms with Crippen LogP contribution in [-0.2, 0) is 24.4 Å². The van der Waals surface area contributed by atoms with Crippen molar-refractivity contribution >= 4 is 27.9 Å². The molecule has 1 N–H and O–H groups in total. The van der Waals surface area contributed by atoms with Crippen LogP contribution in [0.15, 0.2) is 77.4 Å². The van der Waals surface area contributed by atoms with E-state index < -0.39 is 0 Å². The molecule has 1 fully saturated rings. The fourth-order valence-electron chi connectivity index (χ4n) is 5.12. The van der Waals surface area contributed by atoms with Gasteiger partial charge in [0.2, 0.25) is 5.91 Å². The quantitative estimate of drug-likeness (QED) is 0.295. The van der Waals surface area contributed by atoms with E-state index in [2.05, 4.69) is 68.4 Å². The molecule has 3 amide bonds. The lowest BCUT2D eigenvalue weighted by Crippen LogP contribution is -2.51. The van der Waals surface area contributed by atoms with Crippen molar-refractivity contribution in [2.24, 2.45) is 0 Å². The van der Waals surface area contributed by atoms with Crippen LogP contribution in [0, 0.1) is 0 Å². The molecule has 0 bridgehead atoms. The lowest BCUT2D eigenvalue weighted by molar-refractivity contribution is -0.136. The van der Waals surface area contributed by atoms with Crippen molar-refractivity contribution < 1.29 is 9.59 Å². The van der Waals surface area contributed by atoms with Crippen LogP contribution in [-0.4, -0.2) is 44.9 Å². The van der Waals surface area contributed by atoms with Crippen molar-refractivity contribution in [1.29, 1.82) is 0 Å². The number of urea groups is 1. The van der Waals surface area contributed by atoms with E-state index in [-0.39, 0.29) is 30.6 Å². The Morgan fingerprint density at radius 2 is 1.66 bits per heavy atom. The van der Waals surface area contributed by atoms with E-state index in [1.165, 1.54) is 12.0 Å². The molecule has 2 aromatic carbocycles. The average Bonchev–Trinajstić information content (AvgIpc) is 3.37. The molecule has 0 spiro atoms. The monoisotopic (exact) mass is 578 g/mol. The van der Waals surface area contributed by atoms with Crippen LogP contribution in [0.5, 0.6) is 0 Å². The number of benzene rings is 2. The van der Waals surface area contributed by atoms with Gasteiger partial charge in [0.25, 0.3) is 0 Å². The van der Waals surface area contributed by atoms with E-state index in [0.29, 0.717) is 13.1 Å². The van der Waals surface area contributed by atoms with Crippen LogP contribution in [0.2, 0.25) is 0 Å². The second-order valence-electron chi connectivity index (χ2n) is 10.4. The second-order valence-corrected chi connectivity index (χ2v) is 11.3. The molecule has 1 saturated carbocycles. The first-order valence-corrected chi connectivity index (χ1v) is 14.5. The highest BCUT2D eigenvalue weighted by molar-refractivity contribution is 9.10. The van der Waals surface area contributed by atoms with Gasteiger partial charge in [0, 0.05) is 41.5 Å². The Kier molecular flexibility index (Phi) is 10.0. The van der Waals surface area contributed by atoms with Gasteiger partial charge in [-0.3, -0.25) is 4.79 Å². The van der Waals surface area contributed by atoms with Crippen molar-refractivity contribution in [2.45, 2.75) is 77.7 Å². The summed E-state index contributed by atoms with van der Waals surface area (Å²) in [5, 5.41) is 3.00. The van der Waals surface area contributed by atoms with Crippen LogP contribution < -0.4 is 5.32 Å². The van der Waals surface area contributed by atoms with Gasteiger partial charge in [0.05, 0.1) is 6.54 Å². The highest BCUT2D eigenvalue weighted by Gasteiger charge is 2.29. The van der Waals surface area contributed by atoms with Crippen LogP contribution >= 0.6 is 15.9 Å². The Balaban J connectivity index is 1.47. The van der Waals surface area contributed by atoms with Gasteiger partial charge in [0.15, 0.2) is 0 Å². The molecule has 1 aliphatic rings. The minimum absolute atomic E-state index is 0.0110. The van der Waals surface area contributed by atoms with Crippen LogP contribution in [0.25, 0.3) is 0 Å². The SMILES string of the molecule is CC(C)N(CC(=O)N(Cc1cccn1Cc1ccc(Br)cc1)C1CCCCC1)C(=O)NCc1ccccc1. The highest BCUT2D eigenvalue weighted by Crippen LogP contribution is 2.25. The molecule has 1 aliphatic carbocycles. The largest absolute Gasteiger partial charge is 0.345 e. The van der Waals surface area contributed by atoms with Crippen LogP contribution in [0.1, 0.15) is 62.8 Å². The normalized spacial score (nSPS) is 13.9. The third kappa shape index (κ3) is 7.73. The molecule has 0 saturated heterocycles. The standard InChI is InChI=1S/C31H39BrN4O2/c1-24(2)35(31(38)33-20-25-10-5-3-6-11-25)23-30(37)36(28-12-7-4-8-13-28)22-29-14-9-19-34(29)21-26-15-17-27(32)18-16-26/h3,5-6,9-11,14-19,24,28H,4,7-8,12-13,20-23H2,1-2H3,(H,33,38). The molecule has 7 heteroatoms. The number of aromatic nitrogens is 1. The van der Waals surface area contributed by atoms with Crippen LogP contribution in [0.4, 0.5) is 4.79 Å². The first-order valence-electron chi connectivity index (χ1n) is 13.7. The molecule has 0 radical (unpaired) electrons. The third-order valence-corrected chi connectivity index (χ3v) is 7.86. The molecule has 3 aromatic rings. The van der Waals surface area contributed by atoms with Crippen molar-refractivity contribution in [3.05, 3.63) is 94.2 Å². The maximum Gasteiger partial charge on any atom is 0.318 e. The van der Waals surface area contributed by atoms with E-state index >= 15 is 0 Å². The first kappa shape index (κ1) is 28.0. The Hall–Kier alpha value is -3.06. The zero-order valence-electron chi connectivity index (χ0n) is 22.5. The van der Waals surface area contributed by atoms with E-state index in [1.54, 1.807) is 4.90 Å². The topological polar surface area (TPSA) is 57.6 Å². The van der Waals surface area contributed by atoms with E-state index in [9.17, 15) is 9.59 Å². The van der Waals surface area contributed by atoms with Crippen LogP contribution in [0.3, 0.4) is 0 Å². The number of amides is 3. The Bertz CT molecular complexity index is 1170. The van der Waals surface area contributed by atoms with Gasteiger partial charge in [-0.2, -0.15) is 0 Å². The minimum atomic E-state index is -0.209. The van der Waals surface area contributed by atoms with Gasteiger partial charge < -0.3 is 19.7 Å². The fraction of sp³-hybridized carbons (Fsp3) is 0.419. The van der Waals surface area contributed by atoms with Crippen molar-refractivity contribution in [1.82, 2.24) is 19.7 Å². The van der Waals surface area contributed by atoms with Gasteiger partial charge in [0.1, 0.15) is 6.54 Å². The van der Waals surface area contributed by atoms with Gasteiger partial charge in [-0.05, 0) is 62.1 Å². The number of rotatable bonds is 10. The summed E-state index contributed by atoms with van der Waals surface area (Å²) in [5.41, 5.74) is 3.35. The molecule has 202 valence electrons. The number of halogens is 1. The van der Waals surface area contributed by atoms with Gasteiger partial charge >= 0.3 is 6.03 Å². The number of carbonyl (C=O) groups excluding carboxylic acids is 2. The maximum atomic E-state index is 13.9. The summed E-state index contributed by atoms with van der Waals surface area (Å²) in [6.07, 6.45) is 7.61. The third-order valence-electron chi connectivity index (χ3n) is 7.33. The summed E-state index contributed by atoms with van der Waals surface area (Å²) >= 11 is 3.51. The van der Waals surface area contributed by atoms with Crippen molar-refractivity contribution in [3.63, 3.8) is 0 Å².